The summed E-state index contributed by atoms with van der Waals surface area (Å²) < 4.78 is 18.1. The van der Waals surface area contributed by atoms with Crippen molar-refractivity contribution in [1.29, 1.82) is 0 Å². The first kappa shape index (κ1) is 16.6. The third kappa shape index (κ3) is 3.49. The maximum atomic E-state index is 13.2. The van der Waals surface area contributed by atoms with Gasteiger partial charge in [-0.15, -0.1) is 0 Å². The van der Waals surface area contributed by atoms with Crippen molar-refractivity contribution in [2.45, 2.75) is 0 Å². The van der Waals surface area contributed by atoms with Gasteiger partial charge in [0.15, 0.2) is 5.76 Å². The summed E-state index contributed by atoms with van der Waals surface area (Å²) in [7, 11) is 0. The molecule has 2 heterocycles. The minimum absolute atomic E-state index is 0.114. The van der Waals surface area contributed by atoms with Crippen LogP contribution in [0.3, 0.4) is 0 Å². The van der Waals surface area contributed by atoms with Crippen molar-refractivity contribution in [1.82, 2.24) is 9.80 Å². The molecule has 8 nitrogen and oxygen atoms in total. The van der Waals surface area contributed by atoms with Crippen LogP contribution in [0.15, 0.2) is 40.8 Å². The molecule has 9 heteroatoms. The van der Waals surface area contributed by atoms with E-state index in [0.29, 0.717) is 0 Å². The van der Waals surface area contributed by atoms with Gasteiger partial charge in [-0.05, 0) is 24.3 Å². The molecule has 3 rings (SSSR count). The molecule has 1 saturated heterocycles. The Morgan fingerprint density at radius 2 is 1.68 bits per heavy atom. The van der Waals surface area contributed by atoms with Gasteiger partial charge in [0.1, 0.15) is 10.7 Å². The van der Waals surface area contributed by atoms with Crippen molar-refractivity contribution in [2.75, 3.05) is 26.2 Å². The molecule has 1 aliphatic rings. The van der Waals surface area contributed by atoms with Crippen LogP contribution in [0.5, 0.6) is 0 Å². The lowest BCUT2D eigenvalue weighted by molar-refractivity contribution is -0.402. The molecule has 1 aromatic heterocycles. The number of benzene rings is 1. The highest BCUT2D eigenvalue weighted by molar-refractivity contribution is 5.95. The normalized spacial score (nSPS) is 14.4. The monoisotopic (exact) mass is 347 g/mol. The molecule has 0 radical (unpaired) electrons. The molecule has 25 heavy (non-hydrogen) atoms. The number of nitrogens with zero attached hydrogens (tertiary/aromatic N) is 3. The van der Waals surface area contributed by atoms with Gasteiger partial charge in [-0.1, -0.05) is 6.07 Å². The molecule has 130 valence electrons. The second kappa shape index (κ2) is 6.71. The van der Waals surface area contributed by atoms with E-state index in [9.17, 15) is 24.1 Å². The summed E-state index contributed by atoms with van der Waals surface area (Å²) in [5.74, 6) is -1.87. The molecule has 0 N–H and O–H groups in total. The van der Waals surface area contributed by atoms with Crippen LogP contribution in [0.2, 0.25) is 0 Å². The number of nitro groups is 1. The maximum Gasteiger partial charge on any atom is 0.433 e. The summed E-state index contributed by atoms with van der Waals surface area (Å²) in [4.78, 5) is 37.5. The van der Waals surface area contributed by atoms with Crippen molar-refractivity contribution in [3.8, 4) is 0 Å². The fourth-order valence-electron chi connectivity index (χ4n) is 2.61. The highest BCUT2D eigenvalue weighted by Crippen LogP contribution is 2.18. The molecule has 0 atom stereocenters. The summed E-state index contributed by atoms with van der Waals surface area (Å²) >= 11 is 0. The number of piperazine rings is 1. The molecule has 0 bridgehead atoms. The Balaban J connectivity index is 1.62. The fourth-order valence-corrected chi connectivity index (χ4v) is 2.61. The zero-order valence-electron chi connectivity index (χ0n) is 13.1. The number of carbonyl (C=O) groups excluding carboxylic acids is 2. The summed E-state index contributed by atoms with van der Waals surface area (Å²) in [6, 6.07) is 7.80. The van der Waals surface area contributed by atoms with Gasteiger partial charge < -0.3 is 14.2 Å². The van der Waals surface area contributed by atoms with E-state index in [1.54, 1.807) is 0 Å². The second-order valence-electron chi connectivity index (χ2n) is 5.49. The van der Waals surface area contributed by atoms with E-state index in [2.05, 4.69) is 0 Å². The van der Waals surface area contributed by atoms with E-state index in [4.69, 9.17) is 4.42 Å². The smallest absolute Gasteiger partial charge is 0.395 e. The van der Waals surface area contributed by atoms with E-state index >= 15 is 0 Å². The van der Waals surface area contributed by atoms with Crippen LogP contribution in [0.1, 0.15) is 20.9 Å². The van der Waals surface area contributed by atoms with E-state index in [0.717, 1.165) is 6.07 Å². The number of hydrogen-bond donors (Lipinski definition) is 0. The Labute approximate surface area is 141 Å². The van der Waals surface area contributed by atoms with Crippen LogP contribution in [-0.2, 0) is 0 Å². The zero-order valence-corrected chi connectivity index (χ0v) is 13.1. The fraction of sp³-hybridized carbons (Fsp3) is 0.250. The summed E-state index contributed by atoms with van der Waals surface area (Å²) in [6.07, 6.45) is 0. The summed E-state index contributed by atoms with van der Waals surface area (Å²) in [5.41, 5.74) is 0.251. The van der Waals surface area contributed by atoms with Gasteiger partial charge in [-0.3, -0.25) is 19.7 Å². The summed E-state index contributed by atoms with van der Waals surface area (Å²) in [6.45, 7) is 1.08. The van der Waals surface area contributed by atoms with Crippen LogP contribution < -0.4 is 0 Å². The molecular weight excluding hydrogens is 333 g/mol. The molecule has 1 aliphatic heterocycles. The van der Waals surface area contributed by atoms with Gasteiger partial charge in [0, 0.05) is 31.7 Å². The number of halogens is 1. The number of amides is 2. The van der Waals surface area contributed by atoms with E-state index in [1.165, 1.54) is 40.1 Å². The molecule has 2 aromatic rings. The number of furan rings is 1. The minimum atomic E-state index is -0.716. The van der Waals surface area contributed by atoms with Gasteiger partial charge in [-0.25, -0.2) is 4.39 Å². The van der Waals surface area contributed by atoms with Crippen LogP contribution >= 0.6 is 0 Å². The first-order valence-electron chi connectivity index (χ1n) is 7.54. The molecule has 0 saturated carbocycles. The quantitative estimate of drug-likeness (QED) is 0.624. The van der Waals surface area contributed by atoms with E-state index in [-0.39, 0.29) is 43.4 Å². The average molecular weight is 347 g/mol. The van der Waals surface area contributed by atoms with E-state index in [1.807, 2.05) is 0 Å². The SMILES string of the molecule is O=C(c1cccc(F)c1)N1CCN(C(=O)c2ccc([N+](=O)[O-])o2)CC1. The molecule has 1 aromatic carbocycles. The molecule has 0 unspecified atom stereocenters. The molecule has 0 aliphatic carbocycles. The van der Waals surface area contributed by atoms with Crippen molar-refractivity contribution >= 4 is 17.7 Å². The van der Waals surface area contributed by atoms with Crippen molar-refractivity contribution in [3.63, 3.8) is 0 Å². The molecule has 2 amide bonds. The lowest BCUT2D eigenvalue weighted by Gasteiger charge is -2.34. The van der Waals surface area contributed by atoms with Gasteiger partial charge >= 0.3 is 5.88 Å². The first-order valence-corrected chi connectivity index (χ1v) is 7.54. The van der Waals surface area contributed by atoms with Crippen LogP contribution in [-0.4, -0.2) is 52.7 Å². The molecular formula is C16H14FN3O5. The third-order valence-corrected chi connectivity index (χ3v) is 3.91. The number of rotatable bonds is 3. The Morgan fingerprint density at radius 1 is 1.04 bits per heavy atom. The number of carbonyl (C=O) groups is 2. The standard InChI is InChI=1S/C16H14FN3O5/c17-12-3-1-2-11(10-12)15(21)18-6-8-19(9-7-18)16(22)13-4-5-14(25-13)20(23)24/h1-5,10H,6-9H2. The lowest BCUT2D eigenvalue weighted by atomic mass is 10.1. The van der Waals surface area contributed by atoms with Crippen LogP contribution in [0.25, 0.3) is 0 Å². The maximum absolute atomic E-state index is 13.2. The predicted molar refractivity (Wildman–Crippen MR) is 83.6 cm³/mol. The zero-order chi connectivity index (χ0) is 18.0. The average Bonchev–Trinajstić information content (AvgIpc) is 3.11. The van der Waals surface area contributed by atoms with Crippen molar-refractivity contribution in [2.24, 2.45) is 0 Å². The Bertz CT molecular complexity index is 827. The van der Waals surface area contributed by atoms with Crippen molar-refractivity contribution < 1.29 is 23.3 Å². The highest BCUT2D eigenvalue weighted by Gasteiger charge is 2.28. The Hall–Kier alpha value is -3.23. The van der Waals surface area contributed by atoms with Crippen LogP contribution in [0.4, 0.5) is 10.3 Å². The Morgan fingerprint density at radius 3 is 2.24 bits per heavy atom. The Kier molecular flexibility index (Phi) is 4.46. The molecule has 1 fully saturated rings. The summed E-state index contributed by atoms with van der Waals surface area (Å²) in [5, 5.41) is 10.6. The first-order chi connectivity index (χ1) is 12.0. The number of hydrogen-bond acceptors (Lipinski definition) is 5. The molecule has 0 spiro atoms. The second-order valence-corrected chi connectivity index (χ2v) is 5.49. The van der Waals surface area contributed by atoms with Crippen molar-refractivity contribution in [3.05, 3.63) is 63.7 Å². The lowest BCUT2D eigenvalue weighted by Crippen LogP contribution is -2.50. The van der Waals surface area contributed by atoms with Gasteiger partial charge in [-0.2, -0.15) is 0 Å². The third-order valence-electron chi connectivity index (χ3n) is 3.91. The minimum Gasteiger partial charge on any atom is -0.395 e. The van der Waals surface area contributed by atoms with Gasteiger partial charge in [0.25, 0.3) is 11.8 Å². The van der Waals surface area contributed by atoms with E-state index < -0.39 is 22.5 Å². The van der Waals surface area contributed by atoms with Crippen LogP contribution in [0, 0.1) is 15.9 Å². The largest absolute Gasteiger partial charge is 0.433 e. The van der Waals surface area contributed by atoms with Gasteiger partial charge in [0.05, 0.1) is 6.07 Å². The predicted octanol–water partition coefficient (Wildman–Crippen LogP) is 1.93. The topological polar surface area (TPSA) is 96.9 Å². The highest BCUT2D eigenvalue weighted by atomic mass is 19.1. The van der Waals surface area contributed by atoms with Gasteiger partial charge in [0.2, 0.25) is 0 Å².